The summed E-state index contributed by atoms with van der Waals surface area (Å²) in [5.74, 6) is -0.620. The molecule has 0 aromatic heterocycles. The zero-order chi connectivity index (χ0) is 18.9. The van der Waals surface area contributed by atoms with Gasteiger partial charge in [-0.1, -0.05) is 17.7 Å². The third-order valence-corrected chi connectivity index (χ3v) is 4.27. The lowest BCUT2D eigenvalue weighted by atomic mass is 9.94. The number of urea groups is 1. The van der Waals surface area contributed by atoms with Crippen LogP contribution in [0.2, 0.25) is 5.02 Å². The number of carbonyl (C=O) groups is 2. The Labute approximate surface area is 149 Å². The number of amides is 2. The third kappa shape index (κ3) is 3.43. The normalized spacial score (nSPS) is 17.6. The highest BCUT2D eigenvalue weighted by molar-refractivity contribution is 6.32. The lowest BCUT2D eigenvalue weighted by Crippen LogP contribution is -2.50. The van der Waals surface area contributed by atoms with E-state index < -0.39 is 23.0 Å². The Morgan fingerprint density at radius 1 is 1.44 bits per heavy atom. The number of nitrogens with zero attached hydrogens (tertiary/aromatic N) is 2. The van der Waals surface area contributed by atoms with Gasteiger partial charge in [0.2, 0.25) is 0 Å². The molecule has 2 rings (SSSR count). The fraction of sp³-hybridized carbons (Fsp3) is 0.375. The van der Waals surface area contributed by atoms with E-state index in [1.165, 1.54) is 30.2 Å². The molecule has 0 radical (unpaired) electrons. The Hall–Kier alpha value is -2.61. The number of nitrogens with one attached hydrogen (secondary N) is 1. The van der Waals surface area contributed by atoms with Gasteiger partial charge in [-0.3, -0.25) is 15.0 Å². The van der Waals surface area contributed by atoms with Crippen molar-refractivity contribution in [2.45, 2.75) is 32.9 Å². The highest BCUT2D eigenvalue weighted by Crippen LogP contribution is 2.35. The summed E-state index contributed by atoms with van der Waals surface area (Å²) in [6.07, 6.45) is 0. The van der Waals surface area contributed by atoms with E-state index in [9.17, 15) is 19.7 Å². The highest BCUT2D eigenvalue weighted by atomic mass is 35.5. The molecule has 2 amide bonds. The first-order valence-corrected chi connectivity index (χ1v) is 7.89. The van der Waals surface area contributed by atoms with Crippen molar-refractivity contribution in [3.05, 3.63) is 50.2 Å². The first-order valence-electron chi connectivity index (χ1n) is 7.51. The minimum atomic E-state index is -0.870. The Morgan fingerprint density at radius 3 is 2.60 bits per heavy atom. The standard InChI is InChI=1S/C16H18ClN3O5/c1-8(2)19-9(3)13(15(21)25-4)14(18-16(19)22)10-5-6-11(17)12(7-10)20(23)24/h5-8,14H,1-4H3,(H,18,22)/t14-/m1/s1. The van der Waals surface area contributed by atoms with Crippen LogP contribution in [0.25, 0.3) is 0 Å². The summed E-state index contributed by atoms with van der Waals surface area (Å²) in [7, 11) is 1.24. The Morgan fingerprint density at radius 2 is 2.08 bits per heavy atom. The first-order chi connectivity index (χ1) is 11.7. The van der Waals surface area contributed by atoms with E-state index in [0.717, 1.165) is 0 Å². The second-order valence-corrected chi connectivity index (χ2v) is 6.21. The molecule has 9 heteroatoms. The second kappa shape index (κ2) is 7.10. The summed E-state index contributed by atoms with van der Waals surface area (Å²) < 4.78 is 4.84. The molecule has 0 saturated carbocycles. The van der Waals surface area contributed by atoms with Crippen LogP contribution in [0.15, 0.2) is 29.5 Å². The van der Waals surface area contributed by atoms with Gasteiger partial charge in [0, 0.05) is 17.8 Å². The monoisotopic (exact) mass is 367 g/mol. The van der Waals surface area contributed by atoms with Gasteiger partial charge in [0.05, 0.1) is 23.6 Å². The van der Waals surface area contributed by atoms with E-state index in [2.05, 4.69) is 5.32 Å². The quantitative estimate of drug-likeness (QED) is 0.500. The number of carbonyl (C=O) groups excluding carboxylic acids is 2. The number of halogens is 1. The first kappa shape index (κ1) is 18.7. The van der Waals surface area contributed by atoms with E-state index in [1.807, 2.05) is 13.8 Å². The molecule has 1 aromatic carbocycles. The summed E-state index contributed by atoms with van der Waals surface area (Å²) in [4.78, 5) is 36.7. The van der Waals surface area contributed by atoms with Crippen LogP contribution in [0, 0.1) is 10.1 Å². The molecule has 0 saturated heterocycles. The van der Waals surface area contributed by atoms with Crippen LogP contribution in [-0.4, -0.2) is 35.0 Å². The second-order valence-electron chi connectivity index (χ2n) is 5.80. The van der Waals surface area contributed by atoms with Gasteiger partial charge in [-0.25, -0.2) is 9.59 Å². The topological polar surface area (TPSA) is 102 Å². The number of allylic oxidation sites excluding steroid dienone is 1. The van der Waals surface area contributed by atoms with Crippen LogP contribution in [0.3, 0.4) is 0 Å². The molecule has 0 unspecified atom stereocenters. The number of esters is 1. The molecule has 1 aliphatic heterocycles. The van der Waals surface area contributed by atoms with Gasteiger partial charge in [0.1, 0.15) is 5.02 Å². The number of ether oxygens (including phenoxy) is 1. The van der Waals surface area contributed by atoms with Crippen LogP contribution in [-0.2, 0) is 9.53 Å². The number of rotatable bonds is 4. The molecule has 0 bridgehead atoms. The van der Waals surface area contributed by atoms with Gasteiger partial charge in [-0.05, 0) is 32.4 Å². The van der Waals surface area contributed by atoms with E-state index in [-0.39, 0.29) is 22.3 Å². The smallest absolute Gasteiger partial charge is 0.337 e. The fourth-order valence-electron chi connectivity index (χ4n) is 2.85. The van der Waals surface area contributed by atoms with Crippen LogP contribution in [0.1, 0.15) is 32.4 Å². The molecule has 8 nitrogen and oxygen atoms in total. The van der Waals surface area contributed by atoms with Crippen LogP contribution < -0.4 is 5.32 Å². The average Bonchev–Trinajstić information content (AvgIpc) is 2.53. The predicted octanol–water partition coefficient (Wildman–Crippen LogP) is 3.17. The highest BCUT2D eigenvalue weighted by Gasteiger charge is 2.37. The van der Waals surface area contributed by atoms with E-state index in [0.29, 0.717) is 11.3 Å². The van der Waals surface area contributed by atoms with E-state index >= 15 is 0 Å². The van der Waals surface area contributed by atoms with Crippen molar-refractivity contribution in [1.82, 2.24) is 10.2 Å². The number of nitro benzene ring substituents is 1. The van der Waals surface area contributed by atoms with E-state index in [4.69, 9.17) is 16.3 Å². The summed E-state index contributed by atoms with van der Waals surface area (Å²) >= 11 is 5.84. The van der Waals surface area contributed by atoms with Crippen molar-refractivity contribution < 1.29 is 19.2 Å². The van der Waals surface area contributed by atoms with Crippen LogP contribution in [0.4, 0.5) is 10.5 Å². The third-order valence-electron chi connectivity index (χ3n) is 3.95. The van der Waals surface area contributed by atoms with Crippen molar-refractivity contribution in [1.29, 1.82) is 0 Å². The van der Waals surface area contributed by atoms with Crippen molar-refractivity contribution in [2.24, 2.45) is 0 Å². The molecule has 1 atom stereocenters. The molecular formula is C16H18ClN3O5. The van der Waals surface area contributed by atoms with Crippen molar-refractivity contribution in [3.63, 3.8) is 0 Å². The van der Waals surface area contributed by atoms with Crippen molar-refractivity contribution >= 4 is 29.3 Å². The number of hydrogen-bond donors (Lipinski definition) is 1. The maximum atomic E-state index is 12.4. The lowest BCUT2D eigenvalue weighted by molar-refractivity contribution is -0.384. The molecule has 1 heterocycles. The molecule has 134 valence electrons. The largest absolute Gasteiger partial charge is 0.466 e. The maximum absolute atomic E-state index is 12.4. The van der Waals surface area contributed by atoms with Gasteiger partial charge in [0.25, 0.3) is 5.69 Å². The Balaban J connectivity index is 2.63. The summed E-state index contributed by atoms with van der Waals surface area (Å²) in [5.41, 5.74) is 0.717. The van der Waals surface area contributed by atoms with Gasteiger partial charge in [0.15, 0.2) is 0 Å². The minimum Gasteiger partial charge on any atom is -0.466 e. The number of benzene rings is 1. The molecule has 0 fully saturated rings. The molecule has 0 spiro atoms. The van der Waals surface area contributed by atoms with Gasteiger partial charge in [-0.15, -0.1) is 0 Å². The van der Waals surface area contributed by atoms with Gasteiger partial charge in [-0.2, -0.15) is 0 Å². The molecule has 25 heavy (non-hydrogen) atoms. The SMILES string of the molecule is COC(=O)C1=C(C)N(C(C)C)C(=O)N[C@@H]1c1ccc(Cl)c([N+](=O)[O-])c1. The zero-order valence-corrected chi connectivity index (χ0v) is 15.0. The lowest BCUT2D eigenvalue weighted by Gasteiger charge is -2.37. The van der Waals surface area contributed by atoms with Crippen LogP contribution in [0.5, 0.6) is 0 Å². The fourth-order valence-corrected chi connectivity index (χ4v) is 3.04. The van der Waals surface area contributed by atoms with E-state index in [1.54, 1.807) is 6.92 Å². The average molecular weight is 368 g/mol. The van der Waals surface area contributed by atoms with Crippen LogP contribution >= 0.6 is 11.6 Å². The van der Waals surface area contributed by atoms with Crippen molar-refractivity contribution in [2.75, 3.05) is 7.11 Å². The maximum Gasteiger partial charge on any atom is 0.337 e. The number of methoxy groups -OCH3 is 1. The summed E-state index contributed by atoms with van der Waals surface area (Å²) in [6.45, 7) is 5.26. The minimum absolute atomic E-state index is 0.0278. The predicted molar refractivity (Wildman–Crippen MR) is 91.1 cm³/mol. The molecule has 0 aliphatic carbocycles. The van der Waals surface area contributed by atoms with Gasteiger partial charge >= 0.3 is 12.0 Å². The zero-order valence-electron chi connectivity index (χ0n) is 14.2. The Kier molecular flexibility index (Phi) is 5.32. The number of hydrogen-bond acceptors (Lipinski definition) is 5. The molecule has 1 aromatic rings. The van der Waals surface area contributed by atoms with Gasteiger partial charge < -0.3 is 10.1 Å². The molecule has 1 N–H and O–H groups in total. The Bertz CT molecular complexity index is 775. The molecular weight excluding hydrogens is 350 g/mol. The van der Waals surface area contributed by atoms with Crippen molar-refractivity contribution in [3.8, 4) is 0 Å². The summed E-state index contributed by atoms with van der Waals surface area (Å²) in [5, 5.41) is 13.8. The number of nitro groups is 1. The molecule has 1 aliphatic rings. The summed E-state index contributed by atoms with van der Waals surface area (Å²) in [6, 6.07) is 2.69.